The van der Waals surface area contributed by atoms with Gasteiger partial charge < -0.3 is 15.2 Å². The van der Waals surface area contributed by atoms with E-state index in [-0.39, 0.29) is 0 Å². The Hall–Kier alpha value is -1.35. The first kappa shape index (κ1) is 17.0. The molecule has 0 radical (unpaired) electrons. The average molecular weight is 374 g/mol. The van der Waals surface area contributed by atoms with Crippen LogP contribution in [0.15, 0.2) is 16.6 Å². The largest absolute Gasteiger partial charge is 0.491 e. The molecule has 0 saturated carbocycles. The monoisotopic (exact) mass is 373 g/mol. The number of anilines is 1. The van der Waals surface area contributed by atoms with Crippen LogP contribution >= 0.6 is 15.9 Å². The lowest BCUT2D eigenvalue weighted by atomic mass is 10.2. The quantitative estimate of drug-likeness (QED) is 0.494. The summed E-state index contributed by atoms with van der Waals surface area (Å²) >= 11 is 3.27. The Morgan fingerprint density at radius 1 is 1.45 bits per heavy atom. The number of nitrogens with zero attached hydrogens (tertiary/aromatic N) is 1. The number of morpholine rings is 1. The molecule has 0 unspecified atom stereocenters. The van der Waals surface area contributed by atoms with E-state index < -0.39 is 5.91 Å². The fourth-order valence-corrected chi connectivity index (χ4v) is 2.77. The Morgan fingerprint density at radius 3 is 2.82 bits per heavy atom. The second-order valence-electron chi connectivity index (χ2n) is 4.96. The van der Waals surface area contributed by atoms with Crippen LogP contribution in [0.1, 0.15) is 16.8 Å². The van der Waals surface area contributed by atoms with Crippen molar-refractivity contribution >= 4 is 27.5 Å². The lowest BCUT2D eigenvalue weighted by molar-refractivity contribution is 0.0358. The maximum absolute atomic E-state index is 11.3. The number of amides is 1. The molecule has 122 valence electrons. The summed E-state index contributed by atoms with van der Waals surface area (Å²) in [6, 6.07) is 3.04. The van der Waals surface area contributed by atoms with Gasteiger partial charge in [-0.3, -0.25) is 20.4 Å². The normalized spacial score (nSPS) is 15.5. The zero-order chi connectivity index (χ0) is 15.9. The first-order valence-electron chi connectivity index (χ1n) is 7.08. The number of carbonyl (C=O) groups excluding carboxylic acids is 1. The summed E-state index contributed by atoms with van der Waals surface area (Å²) in [6.07, 6.45) is 0.837. The fourth-order valence-electron chi connectivity index (χ4n) is 2.24. The zero-order valence-corrected chi connectivity index (χ0v) is 13.8. The van der Waals surface area contributed by atoms with E-state index in [4.69, 9.17) is 15.2 Å². The summed E-state index contributed by atoms with van der Waals surface area (Å²) in [7, 11) is 0. The van der Waals surface area contributed by atoms with Gasteiger partial charge in [0.25, 0.3) is 0 Å². The van der Waals surface area contributed by atoms with Crippen molar-refractivity contribution in [2.24, 2.45) is 5.73 Å². The molecule has 1 aliphatic rings. The molecule has 8 heteroatoms. The highest BCUT2D eigenvalue weighted by atomic mass is 79.9. The molecular formula is C14H20BrN3O4. The number of hydrogen-bond donors (Lipinski definition) is 3. The highest BCUT2D eigenvalue weighted by molar-refractivity contribution is 9.10. The molecule has 1 saturated heterocycles. The first-order chi connectivity index (χ1) is 10.6. The van der Waals surface area contributed by atoms with Gasteiger partial charge in [0, 0.05) is 29.7 Å². The third-order valence-electron chi connectivity index (χ3n) is 3.43. The molecule has 1 aliphatic heterocycles. The molecule has 0 atom stereocenters. The molecule has 1 amide bonds. The topological polar surface area (TPSA) is 97.1 Å². The average Bonchev–Trinajstić information content (AvgIpc) is 2.52. The molecule has 0 bridgehead atoms. The van der Waals surface area contributed by atoms with Gasteiger partial charge in [0.1, 0.15) is 11.4 Å². The van der Waals surface area contributed by atoms with Gasteiger partial charge in [0.05, 0.1) is 19.8 Å². The van der Waals surface area contributed by atoms with E-state index >= 15 is 0 Å². The van der Waals surface area contributed by atoms with Gasteiger partial charge in [-0.25, -0.2) is 0 Å². The van der Waals surface area contributed by atoms with Crippen molar-refractivity contribution < 1.29 is 19.5 Å². The van der Waals surface area contributed by atoms with Crippen LogP contribution in [0.3, 0.4) is 0 Å². The summed E-state index contributed by atoms with van der Waals surface area (Å²) in [5, 5.41) is 9.19. The lowest BCUT2D eigenvalue weighted by Crippen LogP contribution is -2.37. The van der Waals surface area contributed by atoms with E-state index in [1.54, 1.807) is 0 Å². The van der Waals surface area contributed by atoms with Gasteiger partial charge >= 0.3 is 0 Å². The molecule has 0 spiro atoms. The molecule has 4 N–H and O–H groups in total. The van der Waals surface area contributed by atoms with Gasteiger partial charge in [-0.1, -0.05) is 0 Å². The number of nitrogens with one attached hydrogen (secondary N) is 1. The third kappa shape index (κ3) is 4.57. The Balaban J connectivity index is 1.91. The van der Waals surface area contributed by atoms with Crippen LogP contribution in [-0.4, -0.2) is 55.5 Å². The molecule has 7 nitrogen and oxygen atoms in total. The lowest BCUT2D eigenvalue weighted by Gasteiger charge is -2.26. The molecule has 22 heavy (non-hydrogen) atoms. The Bertz CT molecular complexity index is 521. The highest BCUT2D eigenvalue weighted by Gasteiger charge is 2.14. The minimum atomic E-state index is -0.552. The van der Waals surface area contributed by atoms with Gasteiger partial charge in [-0.2, -0.15) is 0 Å². The minimum Gasteiger partial charge on any atom is -0.491 e. The van der Waals surface area contributed by atoms with Crippen molar-refractivity contribution in [2.45, 2.75) is 6.42 Å². The van der Waals surface area contributed by atoms with Crippen LogP contribution in [0.5, 0.6) is 5.75 Å². The number of carbonyl (C=O) groups is 1. The van der Waals surface area contributed by atoms with Gasteiger partial charge in [0.2, 0.25) is 5.91 Å². The maximum Gasteiger partial charge on any atom is 0.248 e. The zero-order valence-electron chi connectivity index (χ0n) is 12.2. The smallest absolute Gasteiger partial charge is 0.248 e. The van der Waals surface area contributed by atoms with E-state index in [1.165, 1.54) is 12.1 Å². The number of nitrogens with two attached hydrogens (primary N) is 1. The molecule has 1 aromatic carbocycles. The second kappa shape index (κ2) is 8.33. The predicted octanol–water partition coefficient (Wildman–Crippen LogP) is 1.45. The first-order valence-corrected chi connectivity index (χ1v) is 7.87. The molecule has 1 fully saturated rings. The van der Waals surface area contributed by atoms with Gasteiger partial charge in [0.15, 0.2) is 0 Å². The fraction of sp³-hybridized carbons (Fsp3) is 0.500. The van der Waals surface area contributed by atoms with E-state index in [9.17, 15) is 10.0 Å². The molecule has 2 rings (SSSR count). The van der Waals surface area contributed by atoms with Crippen LogP contribution in [-0.2, 0) is 4.74 Å². The second-order valence-corrected chi connectivity index (χ2v) is 5.82. The molecule has 1 aromatic rings. The van der Waals surface area contributed by atoms with Gasteiger partial charge in [-0.05, 0) is 34.5 Å². The Kier molecular flexibility index (Phi) is 6.44. The predicted molar refractivity (Wildman–Crippen MR) is 85.4 cm³/mol. The minimum absolute atomic E-state index is 0.314. The number of rotatable bonds is 7. The van der Waals surface area contributed by atoms with Crippen molar-refractivity contribution in [3.8, 4) is 5.75 Å². The van der Waals surface area contributed by atoms with E-state index in [1.807, 2.05) is 0 Å². The summed E-state index contributed by atoms with van der Waals surface area (Å²) < 4.78 is 11.5. The van der Waals surface area contributed by atoms with Crippen LogP contribution in [0.25, 0.3) is 0 Å². The number of halogens is 1. The third-order valence-corrected chi connectivity index (χ3v) is 4.06. The molecular weight excluding hydrogens is 354 g/mol. The Labute approximate surface area is 137 Å². The number of ether oxygens (including phenoxy) is 2. The number of primary amides is 1. The van der Waals surface area contributed by atoms with Crippen molar-refractivity contribution in [3.63, 3.8) is 0 Å². The molecule has 0 aliphatic carbocycles. The van der Waals surface area contributed by atoms with Crippen LogP contribution < -0.4 is 16.0 Å². The van der Waals surface area contributed by atoms with Crippen molar-refractivity contribution in [1.82, 2.24) is 4.90 Å². The van der Waals surface area contributed by atoms with E-state index in [0.29, 0.717) is 28.1 Å². The highest BCUT2D eigenvalue weighted by Crippen LogP contribution is 2.34. The van der Waals surface area contributed by atoms with Crippen molar-refractivity contribution in [2.75, 3.05) is 44.9 Å². The van der Waals surface area contributed by atoms with Crippen LogP contribution in [0.2, 0.25) is 0 Å². The Morgan fingerprint density at radius 2 is 2.18 bits per heavy atom. The SMILES string of the molecule is NC(=O)c1cc(Br)c(NO)c(OCCCN2CCOCC2)c1. The molecule has 0 aromatic heterocycles. The van der Waals surface area contributed by atoms with Crippen LogP contribution in [0.4, 0.5) is 5.69 Å². The van der Waals surface area contributed by atoms with Crippen molar-refractivity contribution in [3.05, 3.63) is 22.2 Å². The number of benzene rings is 1. The number of hydrogen-bond acceptors (Lipinski definition) is 6. The summed E-state index contributed by atoms with van der Waals surface area (Å²) in [4.78, 5) is 13.6. The summed E-state index contributed by atoms with van der Waals surface area (Å²) in [5.74, 6) is -0.170. The molecule has 1 heterocycles. The van der Waals surface area contributed by atoms with E-state index in [2.05, 4.69) is 26.3 Å². The van der Waals surface area contributed by atoms with Crippen molar-refractivity contribution in [1.29, 1.82) is 0 Å². The van der Waals surface area contributed by atoms with Gasteiger partial charge in [-0.15, -0.1) is 0 Å². The van der Waals surface area contributed by atoms with E-state index in [0.717, 1.165) is 39.3 Å². The summed E-state index contributed by atoms with van der Waals surface area (Å²) in [6.45, 7) is 4.81. The summed E-state index contributed by atoms with van der Waals surface area (Å²) in [5.41, 5.74) is 8.03. The maximum atomic E-state index is 11.3. The standard InChI is InChI=1S/C14H20BrN3O4/c15-11-8-10(14(16)19)9-12(13(11)17-20)22-5-1-2-18-3-6-21-7-4-18/h8-9,17,20H,1-7H2,(H2,16,19). The van der Waals surface area contributed by atoms with Crippen LogP contribution in [0, 0.1) is 0 Å².